The molecule has 0 saturated carbocycles. The van der Waals surface area contributed by atoms with Crippen molar-refractivity contribution < 1.29 is 19.1 Å². The summed E-state index contributed by atoms with van der Waals surface area (Å²) in [6.45, 7) is 0. The molecule has 2 aromatic carbocycles. The second-order valence-electron chi connectivity index (χ2n) is 6.75. The highest BCUT2D eigenvalue weighted by Gasteiger charge is 2.44. The Labute approximate surface area is 208 Å². The molecule has 2 atom stereocenters. The highest BCUT2D eigenvalue weighted by atomic mass is 79.9. The Morgan fingerprint density at radius 2 is 1.97 bits per heavy atom. The molecule has 1 N–H and O–H groups in total. The van der Waals surface area contributed by atoms with Gasteiger partial charge in [0.15, 0.2) is 0 Å². The second kappa shape index (κ2) is 10.6. The first-order valence-electron chi connectivity index (χ1n) is 9.23. The van der Waals surface area contributed by atoms with Crippen LogP contribution in [0.5, 0.6) is 5.75 Å². The molecule has 10 heteroatoms. The van der Waals surface area contributed by atoms with E-state index in [0.717, 1.165) is 5.56 Å². The number of carbonyl (C=O) groups is 2. The summed E-state index contributed by atoms with van der Waals surface area (Å²) in [6, 6.07) is 12.6. The van der Waals surface area contributed by atoms with Gasteiger partial charge in [-0.1, -0.05) is 35.3 Å². The van der Waals surface area contributed by atoms with E-state index in [1.54, 1.807) is 30.3 Å². The summed E-state index contributed by atoms with van der Waals surface area (Å²) in [6.07, 6.45) is 0. The summed E-state index contributed by atoms with van der Waals surface area (Å²) in [4.78, 5) is 25.4. The van der Waals surface area contributed by atoms with Crippen LogP contribution >= 0.6 is 50.9 Å². The molecule has 6 nitrogen and oxygen atoms in total. The quantitative estimate of drug-likeness (QED) is 0.377. The molecule has 0 unspecified atom stereocenters. The normalized spacial score (nSPS) is 18.1. The van der Waals surface area contributed by atoms with E-state index in [9.17, 15) is 14.9 Å². The zero-order valence-electron chi connectivity index (χ0n) is 16.9. The molecular formula is C22H17BrCl2N2O4S. The molecule has 1 aliphatic heterocycles. The number of nitrogens with zero attached hydrogens (tertiary/aromatic N) is 1. The van der Waals surface area contributed by atoms with Crippen LogP contribution in [-0.2, 0) is 20.1 Å². The predicted molar refractivity (Wildman–Crippen MR) is 127 cm³/mol. The van der Waals surface area contributed by atoms with Crippen LogP contribution < -0.4 is 10.1 Å². The van der Waals surface area contributed by atoms with Crippen LogP contribution in [0.25, 0.3) is 0 Å². The topological polar surface area (TPSA) is 88.4 Å². The third-order valence-electron chi connectivity index (χ3n) is 4.89. The van der Waals surface area contributed by atoms with E-state index in [2.05, 4.69) is 27.3 Å². The molecular weight excluding hydrogens is 539 g/mol. The number of thioether (sulfide) groups is 1. The first-order chi connectivity index (χ1) is 15.3. The summed E-state index contributed by atoms with van der Waals surface area (Å²) in [5.41, 5.74) is 1.73. The van der Waals surface area contributed by atoms with Crippen LogP contribution in [0.4, 0.5) is 0 Å². The van der Waals surface area contributed by atoms with Crippen molar-refractivity contribution in [2.75, 3.05) is 14.2 Å². The van der Waals surface area contributed by atoms with Gasteiger partial charge in [-0.25, -0.2) is 0 Å². The Morgan fingerprint density at radius 3 is 2.56 bits per heavy atom. The Kier molecular flexibility index (Phi) is 8.12. The van der Waals surface area contributed by atoms with Crippen molar-refractivity contribution in [1.29, 1.82) is 5.26 Å². The number of amides is 1. The Bertz CT molecular complexity index is 1150. The fourth-order valence-electron chi connectivity index (χ4n) is 3.34. The number of carbonyl (C=O) groups excluding carboxylic acids is 2. The molecule has 32 heavy (non-hydrogen) atoms. The van der Waals surface area contributed by atoms with Gasteiger partial charge in [0.2, 0.25) is 5.91 Å². The summed E-state index contributed by atoms with van der Waals surface area (Å²) >= 11 is 16.7. The number of halogens is 3. The summed E-state index contributed by atoms with van der Waals surface area (Å²) < 4.78 is 10.8. The predicted octanol–water partition coefficient (Wildman–Crippen LogP) is 5.44. The summed E-state index contributed by atoms with van der Waals surface area (Å²) in [7, 11) is 2.74. The number of hydrogen-bond donors (Lipinski definition) is 1. The molecule has 0 spiro atoms. The van der Waals surface area contributed by atoms with Gasteiger partial charge < -0.3 is 14.8 Å². The number of nitriles is 1. The number of esters is 1. The molecule has 0 aliphatic carbocycles. The van der Waals surface area contributed by atoms with Crippen LogP contribution in [0.15, 0.2) is 51.5 Å². The van der Waals surface area contributed by atoms with Gasteiger partial charge in [-0.05, 0) is 51.3 Å². The van der Waals surface area contributed by atoms with Gasteiger partial charge in [0, 0.05) is 11.7 Å². The standard InChI is InChI=1S/C22H17BrCl2N2O4S/c1-30-17-6-4-12(8-14(17)23)18-13(9-26)21(27-20(28)19(18)22(29)31-2)32-10-11-3-5-15(24)16(25)7-11/h3-8,18-19H,10H2,1-2H3,(H,27,28)/t18-,19-/m0/s1. The number of methoxy groups -OCH3 is 2. The summed E-state index contributed by atoms with van der Waals surface area (Å²) in [5.74, 6) is -2.27. The highest BCUT2D eigenvalue weighted by molar-refractivity contribution is 9.10. The third-order valence-corrected chi connectivity index (χ3v) is 7.33. The largest absolute Gasteiger partial charge is 0.496 e. The maximum absolute atomic E-state index is 12.9. The zero-order valence-corrected chi connectivity index (χ0v) is 20.9. The van der Waals surface area contributed by atoms with Crippen molar-refractivity contribution in [3.63, 3.8) is 0 Å². The molecule has 0 radical (unpaired) electrons. The van der Waals surface area contributed by atoms with Crippen LogP contribution in [0.2, 0.25) is 10.0 Å². The van der Waals surface area contributed by atoms with Crippen LogP contribution in [-0.4, -0.2) is 26.1 Å². The van der Waals surface area contributed by atoms with Gasteiger partial charge >= 0.3 is 5.97 Å². The molecule has 1 heterocycles. The number of nitrogens with one attached hydrogen (secondary N) is 1. The summed E-state index contributed by atoms with van der Waals surface area (Å²) in [5, 5.41) is 13.9. The van der Waals surface area contributed by atoms with Gasteiger partial charge in [-0.15, -0.1) is 11.8 Å². The lowest BCUT2D eigenvalue weighted by atomic mass is 9.78. The minimum atomic E-state index is -1.20. The Balaban J connectivity index is 2.04. The SMILES string of the molecule is COC(=O)[C@@H]1C(=O)NC(SCc2ccc(Cl)c(Cl)c2)=C(C#N)[C@@H]1c1ccc(OC)c(Br)c1. The van der Waals surface area contributed by atoms with E-state index >= 15 is 0 Å². The average molecular weight is 556 g/mol. The van der Waals surface area contributed by atoms with E-state index in [4.69, 9.17) is 32.7 Å². The van der Waals surface area contributed by atoms with Crippen molar-refractivity contribution in [3.05, 3.63) is 72.6 Å². The van der Waals surface area contributed by atoms with Gasteiger partial charge in [0.25, 0.3) is 0 Å². The highest BCUT2D eigenvalue weighted by Crippen LogP contribution is 2.42. The number of hydrogen-bond acceptors (Lipinski definition) is 6. The lowest BCUT2D eigenvalue weighted by molar-refractivity contribution is -0.150. The Hall–Kier alpha value is -2.18. The number of benzene rings is 2. The lowest BCUT2D eigenvalue weighted by Crippen LogP contribution is -2.44. The van der Waals surface area contributed by atoms with Crippen LogP contribution in [0, 0.1) is 17.2 Å². The van der Waals surface area contributed by atoms with E-state index in [0.29, 0.717) is 36.6 Å². The monoisotopic (exact) mass is 554 g/mol. The molecule has 0 fully saturated rings. The molecule has 3 rings (SSSR count). The van der Waals surface area contributed by atoms with E-state index in [1.165, 1.54) is 26.0 Å². The van der Waals surface area contributed by atoms with Gasteiger partial charge in [-0.3, -0.25) is 9.59 Å². The second-order valence-corrected chi connectivity index (χ2v) is 9.41. The van der Waals surface area contributed by atoms with E-state index in [-0.39, 0.29) is 5.57 Å². The van der Waals surface area contributed by atoms with Crippen molar-refractivity contribution in [2.24, 2.45) is 5.92 Å². The van der Waals surface area contributed by atoms with Gasteiger partial charge in [0.1, 0.15) is 11.7 Å². The van der Waals surface area contributed by atoms with Crippen molar-refractivity contribution in [3.8, 4) is 11.8 Å². The first-order valence-corrected chi connectivity index (χ1v) is 11.8. The molecule has 0 saturated heterocycles. The molecule has 1 amide bonds. The number of allylic oxidation sites excluding steroid dienone is 1. The molecule has 0 aromatic heterocycles. The zero-order chi connectivity index (χ0) is 23.4. The van der Waals surface area contributed by atoms with Crippen LogP contribution in [0.3, 0.4) is 0 Å². The number of ether oxygens (including phenoxy) is 2. The fourth-order valence-corrected chi connectivity index (χ4v) is 5.21. The first kappa shape index (κ1) is 24.5. The lowest BCUT2D eigenvalue weighted by Gasteiger charge is -2.31. The van der Waals surface area contributed by atoms with Crippen LogP contribution in [0.1, 0.15) is 17.0 Å². The number of rotatable bonds is 6. The van der Waals surface area contributed by atoms with E-state index in [1.807, 2.05) is 6.07 Å². The molecule has 166 valence electrons. The maximum atomic E-state index is 12.9. The van der Waals surface area contributed by atoms with Crippen molar-refractivity contribution in [2.45, 2.75) is 11.7 Å². The van der Waals surface area contributed by atoms with Gasteiger partial charge in [-0.2, -0.15) is 5.26 Å². The molecule has 1 aliphatic rings. The molecule has 2 aromatic rings. The minimum Gasteiger partial charge on any atom is -0.496 e. The van der Waals surface area contributed by atoms with Gasteiger partial charge in [0.05, 0.1) is 45.4 Å². The average Bonchev–Trinajstić information content (AvgIpc) is 2.78. The molecule has 0 bridgehead atoms. The van der Waals surface area contributed by atoms with Crippen molar-refractivity contribution in [1.82, 2.24) is 5.32 Å². The van der Waals surface area contributed by atoms with Crippen molar-refractivity contribution >= 4 is 62.8 Å². The van der Waals surface area contributed by atoms with E-state index < -0.39 is 23.7 Å². The third kappa shape index (κ3) is 5.07. The Morgan fingerprint density at radius 1 is 1.22 bits per heavy atom. The maximum Gasteiger partial charge on any atom is 0.319 e. The smallest absolute Gasteiger partial charge is 0.319 e. The minimum absolute atomic E-state index is 0.266. The fraction of sp³-hybridized carbons (Fsp3) is 0.227.